The molecule has 2 heterocycles. The number of carboxylic acid groups (broad SMARTS) is 1. The van der Waals surface area contributed by atoms with Gasteiger partial charge in [0.2, 0.25) is 5.91 Å². The molecule has 5 nitrogen and oxygen atoms in total. The van der Waals surface area contributed by atoms with Crippen molar-refractivity contribution in [3.63, 3.8) is 0 Å². The van der Waals surface area contributed by atoms with Crippen molar-refractivity contribution in [1.82, 2.24) is 10.2 Å². The predicted octanol–water partition coefficient (Wildman–Crippen LogP) is 0.555. The van der Waals surface area contributed by atoms with Crippen LogP contribution >= 0.6 is 0 Å². The second-order valence-corrected chi connectivity index (χ2v) is 5.61. The van der Waals surface area contributed by atoms with Gasteiger partial charge >= 0.3 is 5.97 Å². The topological polar surface area (TPSA) is 69.6 Å². The Morgan fingerprint density at radius 1 is 1.39 bits per heavy atom. The van der Waals surface area contributed by atoms with Gasteiger partial charge in [-0.2, -0.15) is 0 Å². The number of carboxylic acids is 1. The van der Waals surface area contributed by atoms with E-state index in [0.29, 0.717) is 18.3 Å². The molecule has 18 heavy (non-hydrogen) atoms. The van der Waals surface area contributed by atoms with Crippen LogP contribution in [0, 0.1) is 17.8 Å². The van der Waals surface area contributed by atoms with E-state index in [2.05, 4.69) is 12.2 Å². The summed E-state index contributed by atoms with van der Waals surface area (Å²) in [5.74, 6) is 0.409. The van der Waals surface area contributed by atoms with Crippen LogP contribution in [-0.2, 0) is 9.59 Å². The quantitative estimate of drug-likeness (QED) is 0.769. The minimum Gasteiger partial charge on any atom is -0.481 e. The van der Waals surface area contributed by atoms with Gasteiger partial charge in [-0.3, -0.25) is 9.59 Å². The molecule has 2 saturated heterocycles. The fourth-order valence-electron chi connectivity index (χ4n) is 2.97. The first kappa shape index (κ1) is 13.3. The number of amides is 1. The van der Waals surface area contributed by atoms with Crippen molar-refractivity contribution >= 4 is 11.9 Å². The Kier molecular flexibility index (Phi) is 4.22. The molecule has 2 aliphatic heterocycles. The predicted molar refractivity (Wildman–Crippen MR) is 67.1 cm³/mol. The summed E-state index contributed by atoms with van der Waals surface area (Å²) in [4.78, 5) is 24.8. The third-order valence-corrected chi connectivity index (χ3v) is 4.20. The maximum atomic E-state index is 12.3. The number of nitrogens with zero attached hydrogens (tertiary/aromatic N) is 1. The molecule has 3 unspecified atom stereocenters. The van der Waals surface area contributed by atoms with Crippen LogP contribution < -0.4 is 5.32 Å². The highest BCUT2D eigenvalue weighted by Gasteiger charge is 2.35. The Bertz CT molecular complexity index is 332. The summed E-state index contributed by atoms with van der Waals surface area (Å²) >= 11 is 0. The zero-order chi connectivity index (χ0) is 13.1. The molecule has 0 saturated carbocycles. The van der Waals surface area contributed by atoms with E-state index in [4.69, 9.17) is 5.11 Å². The van der Waals surface area contributed by atoms with Crippen LogP contribution in [0.25, 0.3) is 0 Å². The van der Waals surface area contributed by atoms with Crippen molar-refractivity contribution in [2.45, 2.75) is 26.2 Å². The first-order valence-corrected chi connectivity index (χ1v) is 6.79. The van der Waals surface area contributed by atoms with Gasteiger partial charge in [0.25, 0.3) is 0 Å². The molecule has 102 valence electrons. The lowest BCUT2D eigenvalue weighted by Crippen LogP contribution is -2.37. The van der Waals surface area contributed by atoms with Gasteiger partial charge in [0.15, 0.2) is 0 Å². The summed E-state index contributed by atoms with van der Waals surface area (Å²) in [7, 11) is 0. The zero-order valence-electron chi connectivity index (χ0n) is 10.9. The van der Waals surface area contributed by atoms with Crippen LogP contribution in [0.15, 0.2) is 0 Å². The number of carbonyl (C=O) groups excluding carboxylic acids is 1. The molecule has 1 amide bonds. The molecule has 5 heteroatoms. The SMILES string of the molecule is CC1CNCC1C(=O)N1CCC(CCC(=O)O)C1. The molecule has 0 bridgehead atoms. The maximum Gasteiger partial charge on any atom is 0.303 e. The lowest BCUT2D eigenvalue weighted by Gasteiger charge is -2.22. The fraction of sp³-hybridized carbons (Fsp3) is 0.846. The third kappa shape index (κ3) is 3.02. The second-order valence-electron chi connectivity index (χ2n) is 5.61. The van der Waals surface area contributed by atoms with E-state index in [0.717, 1.165) is 32.6 Å². The molecule has 0 aromatic rings. The molecule has 2 rings (SSSR count). The van der Waals surface area contributed by atoms with Gasteiger partial charge < -0.3 is 15.3 Å². The molecular formula is C13H22N2O3. The zero-order valence-corrected chi connectivity index (χ0v) is 10.9. The molecule has 2 N–H and O–H groups in total. The van der Waals surface area contributed by atoms with Crippen molar-refractivity contribution in [2.75, 3.05) is 26.2 Å². The van der Waals surface area contributed by atoms with Crippen LogP contribution in [0.3, 0.4) is 0 Å². The van der Waals surface area contributed by atoms with E-state index in [1.165, 1.54) is 0 Å². The van der Waals surface area contributed by atoms with E-state index in [1.54, 1.807) is 0 Å². The lowest BCUT2D eigenvalue weighted by atomic mass is 9.96. The van der Waals surface area contributed by atoms with Crippen molar-refractivity contribution < 1.29 is 14.7 Å². The van der Waals surface area contributed by atoms with Crippen molar-refractivity contribution in [3.05, 3.63) is 0 Å². The molecule has 0 aromatic heterocycles. The van der Waals surface area contributed by atoms with Crippen molar-refractivity contribution in [2.24, 2.45) is 17.8 Å². The Balaban J connectivity index is 1.81. The Morgan fingerprint density at radius 2 is 2.17 bits per heavy atom. The van der Waals surface area contributed by atoms with E-state index >= 15 is 0 Å². The highest BCUT2D eigenvalue weighted by molar-refractivity contribution is 5.80. The van der Waals surface area contributed by atoms with Gasteiger partial charge in [0, 0.05) is 26.1 Å². The average molecular weight is 254 g/mol. The standard InChI is InChI=1S/C13H22N2O3/c1-9-6-14-7-11(9)13(18)15-5-4-10(8-15)2-3-12(16)17/h9-11,14H,2-8H2,1H3,(H,16,17). The van der Waals surface area contributed by atoms with Crippen molar-refractivity contribution in [3.8, 4) is 0 Å². The summed E-state index contributed by atoms with van der Waals surface area (Å²) in [6.07, 6.45) is 1.86. The monoisotopic (exact) mass is 254 g/mol. The normalized spacial score (nSPS) is 31.8. The van der Waals surface area contributed by atoms with Gasteiger partial charge in [-0.25, -0.2) is 0 Å². The summed E-state index contributed by atoms with van der Waals surface area (Å²) in [5, 5.41) is 11.9. The summed E-state index contributed by atoms with van der Waals surface area (Å²) < 4.78 is 0. The number of aliphatic carboxylic acids is 1. The van der Waals surface area contributed by atoms with Crippen LogP contribution in [0.4, 0.5) is 0 Å². The van der Waals surface area contributed by atoms with Crippen molar-refractivity contribution in [1.29, 1.82) is 0 Å². The summed E-state index contributed by atoms with van der Waals surface area (Å²) in [5.41, 5.74) is 0. The highest BCUT2D eigenvalue weighted by atomic mass is 16.4. The van der Waals surface area contributed by atoms with E-state index in [1.807, 2.05) is 4.90 Å². The third-order valence-electron chi connectivity index (χ3n) is 4.20. The van der Waals surface area contributed by atoms with Crippen LogP contribution in [-0.4, -0.2) is 48.1 Å². The summed E-state index contributed by atoms with van der Waals surface area (Å²) in [6, 6.07) is 0. The van der Waals surface area contributed by atoms with Gasteiger partial charge in [-0.1, -0.05) is 6.92 Å². The molecule has 0 radical (unpaired) electrons. The summed E-state index contributed by atoms with van der Waals surface area (Å²) in [6.45, 7) is 5.37. The Labute approximate surface area is 108 Å². The van der Waals surface area contributed by atoms with E-state index in [-0.39, 0.29) is 18.2 Å². The molecule has 3 atom stereocenters. The first-order valence-electron chi connectivity index (χ1n) is 6.79. The highest BCUT2D eigenvalue weighted by Crippen LogP contribution is 2.25. The minimum atomic E-state index is -0.742. The number of likely N-dealkylation sites (tertiary alicyclic amines) is 1. The molecule has 0 aromatic carbocycles. The number of nitrogens with one attached hydrogen (secondary N) is 1. The first-order chi connectivity index (χ1) is 8.58. The largest absolute Gasteiger partial charge is 0.481 e. The lowest BCUT2D eigenvalue weighted by molar-refractivity contribution is -0.137. The van der Waals surface area contributed by atoms with Gasteiger partial charge in [0.05, 0.1) is 5.92 Å². The second kappa shape index (κ2) is 5.69. The van der Waals surface area contributed by atoms with Gasteiger partial charge in [0.1, 0.15) is 0 Å². The average Bonchev–Trinajstić information content (AvgIpc) is 2.94. The van der Waals surface area contributed by atoms with Gasteiger partial charge in [-0.05, 0) is 31.2 Å². The molecule has 2 aliphatic rings. The Hall–Kier alpha value is -1.10. The fourth-order valence-corrected chi connectivity index (χ4v) is 2.97. The maximum absolute atomic E-state index is 12.3. The number of rotatable bonds is 4. The van der Waals surface area contributed by atoms with Crippen LogP contribution in [0.2, 0.25) is 0 Å². The molecule has 0 spiro atoms. The van der Waals surface area contributed by atoms with Crippen LogP contribution in [0.5, 0.6) is 0 Å². The van der Waals surface area contributed by atoms with E-state index < -0.39 is 5.97 Å². The van der Waals surface area contributed by atoms with Gasteiger partial charge in [-0.15, -0.1) is 0 Å². The number of hydrogen-bond acceptors (Lipinski definition) is 3. The number of carbonyl (C=O) groups is 2. The smallest absolute Gasteiger partial charge is 0.303 e. The van der Waals surface area contributed by atoms with Crippen LogP contribution in [0.1, 0.15) is 26.2 Å². The van der Waals surface area contributed by atoms with E-state index in [9.17, 15) is 9.59 Å². The molecule has 2 fully saturated rings. The number of hydrogen-bond donors (Lipinski definition) is 2. The molecule has 0 aliphatic carbocycles. The Morgan fingerprint density at radius 3 is 2.78 bits per heavy atom. The molecular weight excluding hydrogens is 232 g/mol. The minimum absolute atomic E-state index is 0.114.